The molecule has 3 rings (SSSR count). The molecule has 0 bridgehead atoms. The molecule has 3 aromatic rings. The van der Waals surface area contributed by atoms with Gasteiger partial charge in [0.05, 0.1) is 11.4 Å². The molecule has 0 spiro atoms. The summed E-state index contributed by atoms with van der Waals surface area (Å²) >= 11 is 11.9. The minimum Gasteiger partial charge on any atom is -0.415 e. The molecule has 25 heavy (non-hydrogen) atoms. The number of nitrogens with two attached hydrogens (primary N) is 1. The number of primary sulfonamides is 1. The fourth-order valence-electron chi connectivity index (χ4n) is 2.31. The lowest BCUT2D eigenvalue weighted by Crippen LogP contribution is -2.15. The van der Waals surface area contributed by atoms with E-state index in [0.29, 0.717) is 5.69 Å². The van der Waals surface area contributed by atoms with Gasteiger partial charge >= 0.3 is 5.76 Å². The van der Waals surface area contributed by atoms with Crippen LogP contribution in [0.15, 0.2) is 56.8 Å². The van der Waals surface area contributed by atoms with Gasteiger partial charge in [-0.05, 0) is 30.3 Å². The van der Waals surface area contributed by atoms with E-state index in [0.717, 1.165) is 23.0 Å². The van der Waals surface area contributed by atoms with E-state index in [4.69, 9.17) is 32.8 Å². The van der Waals surface area contributed by atoms with E-state index in [9.17, 15) is 17.6 Å². The van der Waals surface area contributed by atoms with Crippen molar-refractivity contribution in [3.63, 3.8) is 0 Å². The number of aromatic nitrogens is 1. The molecule has 0 aliphatic heterocycles. The Hall–Kier alpha value is -2.13. The summed E-state index contributed by atoms with van der Waals surface area (Å²) < 4.78 is 42.7. The van der Waals surface area contributed by atoms with Crippen molar-refractivity contribution in [3.8, 4) is 16.9 Å². The fraction of sp³-hybridized carbons (Fsp3) is 0. The van der Waals surface area contributed by atoms with Gasteiger partial charge in [0.2, 0.25) is 10.0 Å². The van der Waals surface area contributed by atoms with Crippen LogP contribution in [0.4, 0.5) is 4.39 Å². The molecule has 0 saturated carbocycles. The third-order valence-electron chi connectivity index (χ3n) is 3.33. The molecule has 0 aliphatic carbocycles. The first-order valence-corrected chi connectivity index (χ1v) is 8.97. The lowest BCUT2D eigenvalue weighted by Gasteiger charge is -2.08. The minimum atomic E-state index is -4.20. The van der Waals surface area contributed by atoms with Crippen molar-refractivity contribution >= 4 is 33.2 Å². The zero-order valence-corrected chi connectivity index (χ0v) is 14.6. The summed E-state index contributed by atoms with van der Waals surface area (Å²) in [5, 5.41) is 5.51. The van der Waals surface area contributed by atoms with Crippen molar-refractivity contribution in [2.75, 3.05) is 0 Å². The monoisotopic (exact) mass is 402 g/mol. The lowest BCUT2D eigenvalue weighted by molar-refractivity contribution is 0.504. The summed E-state index contributed by atoms with van der Waals surface area (Å²) in [6.45, 7) is 0. The second kappa shape index (κ2) is 6.30. The average Bonchev–Trinajstić information content (AvgIpc) is 2.86. The molecule has 0 aliphatic rings. The zero-order chi connectivity index (χ0) is 18.4. The van der Waals surface area contributed by atoms with Crippen molar-refractivity contribution in [3.05, 3.63) is 69.1 Å². The van der Waals surface area contributed by atoms with Gasteiger partial charge in [-0.2, -0.15) is 0 Å². The van der Waals surface area contributed by atoms with Crippen LogP contribution in [0.1, 0.15) is 0 Å². The zero-order valence-electron chi connectivity index (χ0n) is 12.2. The number of halogens is 3. The van der Waals surface area contributed by atoms with Crippen LogP contribution in [0.2, 0.25) is 10.0 Å². The first-order chi connectivity index (χ1) is 11.7. The first kappa shape index (κ1) is 17.7. The summed E-state index contributed by atoms with van der Waals surface area (Å²) in [6, 6.07) is 7.68. The van der Waals surface area contributed by atoms with Gasteiger partial charge in [-0.3, -0.25) is 0 Å². The maximum Gasteiger partial charge on any atom is 0.424 e. The van der Waals surface area contributed by atoms with E-state index < -0.39 is 26.5 Å². The second-order valence-corrected chi connectivity index (χ2v) is 7.44. The molecule has 6 nitrogen and oxygen atoms in total. The molecule has 0 unspecified atom stereocenters. The van der Waals surface area contributed by atoms with Crippen LogP contribution in [0.25, 0.3) is 16.9 Å². The third kappa shape index (κ3) is 3.47. The molecular weight excluding hydrogens is 394 g/mol. The molecule has 1 aromatic heterocycles. The summed E-state index contributed by atoms with van der Waals surface area (Å²) in [6.07, 6.45) is 1.11. The van der Waals surface area contributed by atoms with Crippen LogP contribution < -0.4 is 10.9 Å². The van der Waals surface area contributed by atoms with Gasteiger partial charge in [-0.1, -0.05) is 29.3 Å². The SMILES string of the molecule is NS(=O)(=O)c1ccc(-c2coc(=O)n2-c2cc(Cl)cc(Cl)c2)cc1F. The smallest absolute Gasteiger partial charge is 0.415 e. The van der Waals surface area contributed by atoms with E-state index in [1.54, 1.807) is 0 Å². The van der Waals surface area contributed by atoms with Crippen molar-refractivity contribution < 1.29 is 17.2 Å². The predicted molar refractivity (Wildman–Crippen MR) is 91.1 cm³/mol. The van der Waals surface area contributed by atoms with Gasteiger partial charge < -0.3 is 4.42 Å². The van der Waals surface area contributed by atoms with Crippen LogP contribution in [0.5, 0.6) is 0 Å². The van der Waals surface area contributed by atoms with Crippen molar-refractivity contribution in [1.29, 1.82) is 0 Å². The van der Waals surface area contributed by atoms with Crippen molar-refractivity contribution in [1.82, 2.24) is 4.57 Å². The van der Waals surface area contributed by atoms with Gasteiger partial charge in [0, 0.05) is 15.6 Å². The molecule has 0 fully saturated rings. The highest BCUT2D eigenvalue weighted by Crippen LogP contribution is 2.27. The van der Waals surface area contributed by atoms with E-state index in [-0.39, 0.29) is 21.3 Å². The van der Waals surface area contributed by atoms with Crippen LogP contribution in [-0.4, -0.2) is 13.0 Å². The normalized spacial score (nSPS) is 11.7. The van der Waals surface area contributed by atoms with Crippen LogP contribution in [0.3, 0.4) is 0 Å². The molecule has 2 aromatic carbocycles. The summed E-state index contributed by atoms with van der Waals surface area (Å²) in [5.41, 5.74) is 0.692. The quantitative estimate of drug-likeness (QED) is 0.727. The van der Waals surface area contributed by atoms with Gasteiger partial charge in [0.25, 0.3) is 0 Å². The largest absolute Gasteiger partial charge is 0.424 e. The van der Waals surface area contributed by atoms with Gasteiger partial charge in [-0.15, -0.1) is 0 Å². The standard InChI is InChI=1S/C15H9Cl2FN2O4S/c16-9-4-10(17)6-11(5-9)20-13(7-24-15(20)21)8-1-2-14(12(18)3-8)25(19,22)23/h1-7H,(H2,19,22,23). The highest BCUT2D eigenvalue weighted by molar-refractivity contribution is 7.89. The fourth-order valence-corrected chi connectivity index (χ4v) is 3.41. The van der Waals surface area contributed by atoms with E-state index >= 15 is 0 Å². The van der Waals surface area contributed by atoms with E-state index in [2.05, 4.69) is 0 Å². The Morgan fingerprint density at radius 3 is 2.28 bits per heavy atom. The maximum absolute atomic E-state index is 14.1. The molecule has 0 saturated heterocycles. The Morgan fingerprint density at radius 2 is 1.72 bits per heavy atom. The second-order valence-electron chi connectivity index (χ2n) is 5.04. The lowest BCUT2D eigenvalue weighted by atomic mass is 10.1. The molecule has 2 N–H and O–H groups in total. The number of benzene rings is 2. The Morgan fingerprint density at radius 1 is 1.08 bits per heavy atom. The number of nitrogens with zero attached hydrogens (tertiary/aromatic N) is 1. The Labute approximate surface area is 151 Å². The number of rotatable bonds is 3. The van der Waals surface area contributed by atoms with Crippen molar-refractivity contribution in [2.45, 2.75) is 4.90 Å². The molecular formula is C15H9Cl2FN2O4S. The number of hydrogen-bond acceptors (Lipinski definition) is 4. The molecule has 1 heterocycles. The molecule has 0 radical (unpaired) electrons. The summed E-state index contributed by atoms with van der Waals surface area (Å²) in [7, 11) is -4.20. The number of hydrogen-bond donors (Lipinski definition) is 1. The van der Waals surface area contributed by atoms with Crippen LogP contribution in [-0.2, 0) is 10.0 Å². The summed E-state index contributed by atoms with van der Waals surface area (Å²) in [4.78, 5) is 11.4. The topological polar surface area (TPSA) is 95.3 Å². The Bertz CT molecular complexity index is 1120. The average molecular weight is 403 g/mol. The molecule has 10 heteroatoms. The Balaban J connectivity index is 2.21. The molecule has 130 valence electrons. The third-order valence-corrected chi connectivity index (χ3v) is 4.72. The number of sulfonamides is 1. The van der Waals surface area contributed by atoms with Crippen LogP contribution >= 0.6 is 23.2 Å². The molecule has 0 amide bonds. The maximum atomic E-state index is 14.1. The van der Waals surface area contributed by atoms with Gasteiger partial charge in [-0.25, -0.2) is 27.3 Å². The first-order valence-electron chi connectivity index (χ1n) is 6.66. The predicted octanol–water partition coefficient (Wildman–Crippen LogP) is 3.19. The molecule has 0 atom stereocenters. The van der Waals surface area contributed by atoms with Gasteiger partial charge in [0.15, 0.2) is 0 Å². The van der Waals surface area contributed by atoms with Crippen molar-refractivity contribution in [2.24, 2.45) is 5.14 Å². The van der Waals surface area contributed by atoms with E-state index in [1.807, 2.05) is 0 Å². The van der Waals surface area contributed by atoms with Gasteiger partial charge in [0.1, 0.15) is 17.0 Å². The highest BCUT2D eigenvalue weighted by atomic mass is 35.5. The van der Waals surface area contributed by atoms with Crippen LogP contribution in [0, 0.1) is 5.82 Å². The Kier molecular flexibility index (Phi) is 4.46. The minimum absolute atomic E-state index is 0.184. The van der Waals surface area contributed by atoms with E-state index in [1.165, 1.54) is 24.3 Å². The highest BCUT2D eigenvalue weighted by Gasteiger charge is 2.18. The summed E-state index contributed by atoms with van der Waals surface area (Å²) in [5.74, 6) is -1.80. The number of oxazole rings is 1.